The Morgan fingerprint density at radius 2 is 1.54 bits per heavy atom. The van der Waals surface area contributed by atoms with E-state index < -0.39 is 34.9 Å². The summed E-state index contributed by atoms with van der Waals surface area (Å²) in [6, 6.07) is 0. The van der Waals surface area contributed by atoms with E-state index in [1.807, 2.05) is 41.5 Å². The molecule has 0 fully saturated rings. The number of aliphatic hydroxyl groups is 3. The molecule has 0 aromatic heterocycles. The number of hydrogen-bond donors (Lipinski definition) is 3. The molecule has 0 heterocycles. The molecule has 1 rings (SSSR count). The highest BCUT2D eigenvalue weighted by molar-refractivity contribution is 6.23. The molecule has 0 bridgehead atoms. The maximum Gasteiger partial charge on any atom is 0.176 e. The van der Waals surface area contributed by atoms with Crippen LogP contribution in [-0.2, 0) is 9.59 Å². The van der Waals surface area contributed by atoms with Crippen molar-refractivity contribution in [2.24, 2.45) is 23.7 Å². The van der Waals surface area contributed by atoms with Crippen LogP contribution in [0.4, 0.5) is 0 Å². The van der Waals surface area contributed by atoms with E-state index >= 15 is 0 Å². The third-order valence-corrected chi connectivity index (χ3v) is 5.14. The second-order valence-corrected chi connectivity index (χ2v) is 8.95. The van der Waals surface area contributed by atoms with Crippen molar-refractivity contribution in [3.8, 4) is 0 Å². The first kappa shape index (κ1) is 22.8. The smallest absolute Gasteiger partial charge is 0.176 e. The van der Waals surface area contributed by atoms with Crippen LogP contribution in [0.1, 0.15) is 73.6 Å². The summed E-state index contributed by atoms with van der Waals surface area (Å²) < 4.78 is 0. The first-order chi connectivity index (χ1) is 11.9. The van der Waals surface area contributed by atoms with Crippen LogP contribution in [-0.4, -0.2) is 38.6 Å². The van der Waals surface area contributed by atoms with Crippen LogP contribution in [0.15, 0.2) is 11.3 Å². The van der Waals surface area contributed by atoms with E-state index in [0.29, 0.717) is 31.1 Å². The van der Waals surface area contributed by atoms with Gasteiger partial charge in [0.05, 0.1) is 12.0 Å². The van der Waals surface area contributed by atoms with Gasteiger partial charge >= 0.3 is 0 Å². The van der Waals surface area contributed by atoms with Crippen LogP contribution in [0, 0.1) is 23.7 Å². The van der Waals surface area contributed by atoms with Crippen molar-refractivity contribution in [3.05, 3.63) is 11.3 Å². The number of aliphatic hydroxyl groups excluding tert-OH is 2. The standard InChI is InChI=1S/C21H36O5/c1-12(2)7-9-15-19(24)18(16(22)11-14(5)6)20(25)21(15,26)17(23)10-8-13(3)4/h12-15,17,23,25-26H,7-11H2,1-6H3/t15?,17?,21-/m1/s1. The van der Waals surface area contributed by atoms with Crippen LogP contribution in [0.5, 0.6) is 0 Å². The summed E-state index contributed by atoms with van der Waals surface area (Å²) >= 11 is 0. The molecule has 2 unspecified atom stereocenters. The third kappa shape index (κ3) is 4.95. The molecule has 26 heavy (non-hydrogen) atoms. The van der Waals surface area contributed by atoms with Gasteiger partial charge in [0.1, 0.15) is 11.3 Å². The first-order valence-corrected chi connectivity index (χ1v) is 9.84. The van der Waals surface area contributed by atoms with Crippen LogP contribution in [0.3, 0.4) is 0 Å². The fourth-order valence-electron chi connectivity index (χ4n) is 3.55. The van der Waals surface area contributed by atoms with E-state index in [-0.39, 0.29) is 24.3 Å². The Morgan fingerprint density at radius 3 is 2.00 bits per heavy atom. The second kappa shape index (κ2) is 9.14. The average Bonchev–Trinajstić information content (AvgIpc) is 2.69. The Morgan fingerprint density at radius 1 is 1.00 bits per heavy atom. The van der Waals surface area contributed by atoms with Crippen molar-refractivity contribution in [3.63, 3.8) is 0 Å². The lowest BCUT2D eigenvalue weighted by molar-refractivity contribution is -0.137. The minimum absolute atomic E-state index is 0.0317. The normalized spacial score (nSPS) is 25.0. The zero-order valence-corrected chi connectivity index (χ0v) is 17.1. The zero-order valence-electron chi connectivity index (χ0n) is 17.1. The van der Waals surface area contributed by atoms with Gasteiger partial charge in [-0.1, -0.05) is 48.0 Å². The van der Waals surface area contributed by atoms with Gasteiger partial charge in [0.2, 0.25) is 0 Å². The van der Waals surface area contributed by atoms with Gasteiger partial charge in [0, 0.05) is 6.42 Å². The van der Waals surface area contributed by atoms with Gasteiger partial charge in [0.15, 0.2) is 17.2 Å². The average molecular weight is 369 g/mol. The van der Waals surface area contributed by atoms with Gasteiger partial charge in [0.25, 0.3) is 0 Å². The van der Waals surface area contributed by atoms with Crippen molar-refractivity contribution in [1.82, 2.24) is 0 Å². The van der Waals surface area contributed by atoms with E-state index in [4.69, 9.17) is 0 Å². The van der Waals surface area contributed by atoms with Crippen molar-refractivity contribution in [2.45, 2.75) is 85.4 Å². The minimum Gasteiger partial charge on any atom is -0.508 e. The first-order valence-electron chi connectivity index (χ1n) is 9.84. The number of carbonyl (C=O) groups is 2. The second-order valence-electron chi connectivity index (χ2n) is 8.95. The van der Waals surface area contributed by atoms with Gasteiger partial charge in [-0.15, -0.1) is 0 Å². The quantitative estimate of drug-likeness (QED) is 0.512. The Kier molecular flexibility index (Phi) is 8.03. The van der Waals surface area contributed by atoms with E-state index in [0.717, 1.165) is 0 Å². The highest BCUT2D eigenvalue weighted by Crippen LogP contribution is 2.44. The lowest BCUT2D eigenvalue weighted by Crippen LogP contribution is -2.49. The fraction of sp³-hybridized carbons (Fsp3) is 0.810. The molecule has 5 nitrogen and oxygen atoms in total. The molecule has 0 amide bonds. The lowest BCUT2D eigenvalue weighted by Gasteiger charge is -2.34. The predicted octanol–water partition coefficient (Wildman–Crippen LogP) is 3.58. The fourth-order valence-corrected chi connectivity index (χ4v) is 3.55. The molecule has 1 aliphatic rings. The maximum absolute atomic E-state index is 12.9. The Bertz CT molecular complexity index is 547. The largest absolute Gasteiger partial charge is 0.508 e. The van der Waals surface area contributed by atoms with Crippen molar-refractivity contribution in [1.29, 1.82) is 0 Å². The highest BCUT2D eigenvalue weighted by atomic mass is 16.4. The number of rotatable bonds is 10. The molecule has 0 aromatic carbocycles. The highest BCUT2D eigenvalue weighted by Gasteiger charge is 2.58. The minimum atomic E-state index is -2.07. The summed E-state index contributed by atoms with van der Waals surface area (Å²) in [4.78, 5) is 25.4. The number of allylic oxidation sites excluding steroid dienone is 1. The predicted molar refractivity (Wildman–Crippen MR) is 102 cm³/mol. The summed E-state index contributed by atoms with van der Waals surface area (Å²) in [6.07, 6.45) is 0.741. The van der Waals surface area contributed by atoms with Gasteiger partial charge < -0.3 is 15.3 Å². The molecule has 3 N–H and O–H groups in total. The van der Waals surface area contributed by atoms with Crippen LogP contribution < -0.4 is 0 Å². The topological polar surface area (TPSA) is 94.8 Å². The lowest BCUT2D eigenvalue weighted by atomic mass is 9.78. The van der Waals surface area contributed by atoms with Gasteiger partial charge in [-0.25, -0.2) is 0 Å². The Balaban J connectivity index is 3.24. The van der Waals surface area contributed by atoms with Crippen molar-refractivity contribution >= 4 is 11.6 Å². The molecule has 3 atom stereocenters. The monoisotopic (exact) mass is 368 g/mol. The maximum atomic E-state index is 12.9. The van der Waals surface area contributed by atoms with E-state index in [1.54, 1.807) is 0 Å². The van der Waals surface area contributed by atoms with Crippen LogP contribution >= 0.6 is 0 Å². The summed E-state index contributed by atoms with van der Waals surface area (Å²) in [5.74, 6) is -1.94. The molecule has 0 aromatic rings. The number of ketones is 2. The summed E-state index contributed by atoms with van der Waals surface area (Å²) in [5, 5.41) is 32.5. The van der Waals surface area contributed by atoms with Crippen molar-refractivity contribution < 1.29 is 24.9 Å². The van der Waals surface area contributed by atoms with Crippen LogP contribution in [0.2, 0.25) is 0 Å². The van der Waals surface area contributed by atoms with Crippen molar-refractivity contribution in [2.75, 3.05) is 0 Å². The van der Waals surface area contributed by atoms with Crippen LogP contribution in [0.25, 0.3) is 0 Å². The molecule has 5 heteroatoms. The molecule has 150 valence electrons. The Hall–Kier alpha value is -1.20. The summed E-state index contributed by atoms with van der Waals surface area (Å²) in [6.45, 7) is 11.7. The van der Waals surface area contributed by atoms with E-state index in [9.17, 15) is 24.9 Å². The van der Waals surface area contributed by atoms with E-state index in [1.165, 1.54) is 0 Å². The van der Waals surface area contributed by atoms with Gasteiger partial charge in [-0.2, -0.15) is 0 Å². The third-order valence-electron chi connectivity index (χ3n) is 5.14. The van der Waals surface area contributed by atoms with Gasteiger partial charge in [-0.3, -0.25) is 9.59 Å². The van der Waals surface area contributed by atoms with E-state index in [2.05, 4.69) is 0 Å². The summed E-state index contributed by atoms with van der Waals surface area (Å²) in [7, 11) is 0. The molecular weight excluding hydrogens is 332 g/mol. The molecule has 0 aliphatic heterocycles. The zero-order chi connectivity index (χ0) is 20.2. The Labute approximate surface area is 157 Å². The number of carbonyl (C=O) groups excluding carboxylic acids is 2. The summed E-state index contributed by atoms with van der Waals surface area (Å²) in [5.41, 5.74) is -2.37. The number of Topliss-reactive ketones (excluding diaryl/α,β-unsaturated/α-hetero) is 2. The molecule has 1 aliphatic carbocycles. The molecule has 0 spiro atoms. The molecule has 0 saturated heterocycles. The van der Waals surface area contributed by atoms with Gasteiger partial charge in [-0.05, 0) is 37.0 Å². The number of hydrogen-bond acceptors (Lipinski definition) is 5. The SMILES string of the molecule is CC(C)CCC(O)[C@@]1(O)C(O)=C(C(=O)CC(C)C)C(=O)C1CCC(C)C. The molecule has 0 radical (unpaired) electrons. The molecule has 0 saturated carbocycles. The molecular formula is C21H36O5.